The van der Waals surface area contributed by atoms with Gasteiger partial charge < -0.3 is 10.6 Å². The molecule has 1 aromatic heterocycles. The van der Waals surface area contributed by atoms with Crippen LogP contribution in [-0.2, 0) is 6.54 Å². The lowest BCUT2D eigenvalue weighted by atomic mass is 10.3. The predicted molar refractivity (Wildman–Crippen MR) is 53.6 cm³/mol. The summed E-state index contributed by atoms with van der Waals surface area (Å²) < 4.78 is 0. The summed E-state index contributed by atoms with van der Waals surface area (Å²) in [6, 6.07) is 0.478. The van der Waals surface area contributed by atoms with Crippen molar-refractivity contribution in [3.8, 4) is 0 Å². The monoisotopic (exact) mass is 180 g/mol. The van der Waals surface area contributed by atoms with Crippen molar-refractivity contribution in [2.24, 2.45) is 0 Å². The summed E-state index contributed by atoms with van der Waals surface area (Å²) >= 11 is 0. The topological polar surface area (TPSA) is 49.8 Å². The summed E-state index contributed by atoms with van der Waals surface area (Å²) in [6.07, 6.45) is 3.51. The van der Waals surface area contributed by atoms with Crippen molar-refractivity contribution in [1.29, 1.82) is 0 Å². The van der Waals surface area contributed by atoms with Crippen LogP contribution in [0.25, 0.3) is 0 Å². The molecule has 0 fully saturated rings. The maximum absolute atomic E-state index is 4.23. The Morgan fingerprint density at radius 2 is 2.08 bits per heavy atom. The lowest BCUT2D eigenvalue weighted by molar-refractivity contribution is 0.580. The summed E-state index contributed by atoms with van der Waals surface area (Å²) in [5, 5.41) is 6.20. The highest BCUT2D eigenvalue weighted by Crippen LogP contribution is 1.99. The molecule has 1 heterocycles. The summed E-state index contributed by atoms with van der Waals surface area (Å²) in [7, 11) is 1.83. The van der Waals surface area contributed by atoms with Crippen molar-refractivity contribution in [2.45, 2.75) is 26.4 Å². The second-order valence-electron chi connectivity index (χ2n) is 3.18. The van der Waals surface area contributed by atoms with Gasteiger partial charge in [-0.05, 0) is 0 Å². The van der Waals surface area contributed by atoms with E-state index < -0.39 is 0 Å². The number of rotatable bonds is 4. The lowest BCUT2D eigenvalue weighted by Gasteiger charge is -2.07. The van der Waals surface area contributed by atoms with Crippen molar-refractivity contribution in [3.63, 3.8) is 0 Å². The average molecular weight is 180 g/mol. The normalized spacial score (nSPS) is 10.5. The van der Waals surface area contributed by atoms with E-state index in [9.17, 15) is 0 Å². The van der Waals surface area contributed by atoms with E-state index in [0.29, 0.717) is 6.04 Å². The number of nitrogens with zero attached hydrogens (tertiary/aromatic N) is 2. The summed E-state index contributed by atoms with van der Waals surface area (Å²) in [4.78, 5) is 8.40. The number of aromatic nitrogens is 2. The fourth-order valence-corrected chi connectivity index (χ4v) is 0.884. The van der Waals surface area contributed by atoms with Crippen LogP contribution in [0.1, 0.15) is 19.5 Å². The molecule has 0 amide bonds. The molecule has 0 atom stereocenters. The molecule has 0 aromatic carbocycles. The van der Waals surface area contributed by atoms with Crippen LogP contribution in [0.4, 0.5) is 5.82 Å². The van der Waals surface area contributed by atoms with E-state index in [1.54, 1.807) is 12.4 Å². The Morgan fingerprint density at radius 3 is 2.54 bits per heavy atom. The smallest absolute Gasteiger partial charge is 0.144 e. The first-order chi connectivity index (χ1) is 6.22. The van der Waals surface area contributed by atoms with Crippen molar-refractivity contribution in [2.75, 3.05) is 12.4 Å². The molecule has 2 N–H and O–H groups in total. The van der Waals surface area contributed by atoms with E-state index in [-0.39, 0.29) is 0 Å². The maximum atomic E-state index is 4.23. The molecule has 4 nitrogen and oxygen atoms in total. The molecular formula is C9H16N4. The van der Waals surface area contributed by atoms with Gasteiger partial charge in [-0.3, -0.25) is 4.98 Å². The zero-order valence-electron chi connectivity index (χ0n) is 8.33. The van der Waals surface area contributed by atoms with Gasteiger partial charge in [0.1, 0.15) is 5.82 Å². The minimum atomic E-state index is 0.478. The van der Waals surface area contributed by atoms with Crippen LogP contribution in [0.3, 0.4) is 0 Å². The van der Waals surface area contributed by atoms with Gasteiger partial charge in [0.15, 0.2) is 0 Å². The molecule has 0 radical (unpaired) electrons. The second kappa shape index (κ2) is 4.77. The molecule has 13 heavy (non-hydrogen) atoms. The van der Waals surface area contributed by atoms with Crippen LogP contribution in [0.15, 0.2) is 12.4 Å². The van der Waals surface area contributed by atoms with Crippen molar-refractivity contribution in [3.05, 3.63) is 18.1 Å². The molecule has 0 saturated heterocycles. The van der Waals surface area contributed by atoms with E-state index in [4.69, 9.17) is 0 Å². The quantitative estimate of drug-likeness (QED) is 0.726. The van der Waals surface area contributed by atoms with Gasteiger partial charge in [0.25, 0.3) is 0 Å². The number of nitrogens with one attached hydrogen (secondary N) is 2. The van der Waals surface area contributed by atoms with Crippen LogP contribution >= 0.6 is 0 Å². The molecule has 0 aliphatic carbocycles. The third-order valence-corrected chi connectivity index (χ3v) is 1.65. The number of hydrogen-bond acceptors (Lipinski definition) is 4. The Bertz CT molecular complexity index is 242. The lowest BCUT2D eigenvalue weighted by Crippen LogP contribution is -2.22. The van der Waals surface area contributed by atoms with Crippen molar-refractivity contribution in [1.82, 2.24) is 15.3 Å². The van der Waals surface area contributed by atoms with E-state index in [0.717, 1.165) is 18.1 Å². The zero-order chi connectivity index (χ0) is 9.68. The number of hydrogen-bond donors (Lipinski definition) is 2. The Balaban J connectivity index is 2.49. The Labute approximate surface area is 78.8 Å². The molecule has 0 aliphatic heterocycles. The van der Waals surface area contributed by atoms with Crippen LogP contribution < -0.4 is 10.6 Å². The minimum absolute atomic E-state index is 0.478. The predicted octanol–water partition coefficient (Wildman–Crippen LogP) is 1.02. The highest BCUT2D eigenvalue weighted by molar-refractivity contribution is 5.29. The first-order valence-electron chi connectivity index (χ1n) is 4.44. The highest BCUT2D eigenvalue weighted by Gasteiger charge is 1.97. The van der Waals surface area contributed by atoms with Crippen LogP contribution in [0.2, 0.25) is 0 Å². The van der Waals surface area contributed by atoms with Crippen molar-refractivity contribution >= 4 is 5.82 Å². The van der Waals surface area contributed by atoms with Crippen LogP contribution in [0.5, 0.6) is 0 Å². The fraction of sp³-hybridized carbons (Fsp3) is 0.556. The Kier molecular flexibility index (Phi) is 3.64. The highest BCUT2D eigenvalue weighted by atomic mass is 15.0. The minimum Gasteiger partial charge on any atom is -0.372 e. The van der Waals surface area contributed by atoms with Gasteiger partial charge in [-0.15, -0.1) is 0 Å². The van der Waals surface area contributed by atoms with Crippen LogP contribution in [-0.4, -0.2) is 23.1 Å². The van der Waals surface area contributed by atoms with Gasteiger partial charge in [-0.25, -0.2) is 4.98 Å². The van der Waals surface area contributed by atoms with E-state index in [1.807, 2.05) is 7.05 Å². The van der Waals surface area contributed by atoms with Gasteiger partial charge in [-0.2, -0.15) is 0 Å². The summed E-state index contributed by atoms with van der Waals surface area (Å²) in [5.41, 5.74) is 0.965. The molecule has 1 rings (SSSR count). The summed E-state index contributed by atoms with van der Waals surface area (Å²) in [6.45, 7) is 4.99. The van der Waals surface area contributed by atoms with Gasteiger partial charge in [-0.1, -0.05) is 13.8 Å². The molecule has 0 bridgehead atoms. The second-order valence-corrected chi connectivity index (χ2v) is 3.18. The first-order valence-corrected chi connectivity index (χ1v) is 4.44. The molecule has 0 aliphatic rings. The van der Waals surface area contributed by atoms with E-state index >= 15 is 0 Å². The molecular weight excluding hydrogens is 164 g/mol. The van der Waals surface area contributed by atoms with Gasteiger partial charge in [0.2, 0.25) is 0 Å². The molecule has 1 aromatic rings. The third kappa shape index (κ3) is 3.38. The average Bonchev–Trinajstić information content (AvgIpc) is 2.15. The summed E-state index contributed by atoms with van der Waals surface area (Å²) in [5.74, 6) is 0.799. The van der Waals surface area contributed by atoms with Gasteiger partial charge >= 0.3 is 0 Å². The maximum Gasteiger partial charge on any atom is 0.144 e. The Morgan fingerprint density at radius 1 is 1.31 bits per heavy atom. The first kappa shape index (κ1) is 9.92. The standard InChI is InChI=1S/C9H16N4/c1-7(2)11-4-8-5-13-9(10-3)6-12-8/h5-7,11H,4H2,1-3H3,(H,10,13). The molecule has 0 saturated carbocycles. The zero-order valence-corrected chi connectivity index (χ0v) is 8.33. The van der Waals surface area contributed by atoms with E-state index in [2.05, 4.69) is 34.4 Å². The molecule has 0 spiro atoms. The van der Waals surface area contributed by atoms with Crippen LogP contribution in [0, 0.1) is 0 Å². The SMILES string of the molecule is CNc1cnc(CNC(C)C)cn1. The fourth-order valence-electron chi connectivity index (χ4n) is 0.884. The van der Waals surface area contributed by atoms with Gasteiger partial charge in [0.05, 0.1) is 18.1 Å². The Hall–Kier alpha value is -1.16. The van der Waals surface area contributed by atoms with Gasteiger partial charge in [0, 0.05) is 19.6 Å². The van der Waals surface area contributed by atoms with Crippen molar-refractivity contribution < 1.29 is 0 Å². The molecule has 72 valence electrons. The van der Waals surface area contributed by atoms with E-state index in [1.165, 1.54) is 0 Å². The largest absolute Gasteiger partial charge is 0.372 e. The number of anilines is 1. The third-order valence-electron chi connectivity index (χ3n) is 1.65. The molecule has 0 unspecified atom stereocenters. The molecule has 4 heteroatoms.